The van der Waals surface area contributed by atoms with Crippen molar-refractivity contribution in [3.8, 4) is 5.75 Å². The van der Waals surface area contributed by atoms with Crippen LogP contribution in [-0.2, 0) is 22.5 Å². The van der Waals surface area contributed by atoms with E-state index in [0.29, 0.717) is 12.4 Å². The van der Waals surface area contributed by atoms with Crippen LogP contribution in [-0.4, -0.2) is 29.7 Å². The SMILES string of the molecule is CCOC(=O)C(C)(C)Oc1ccc(CCNCc2cccnc2)cc1. The van der Waals surface area contributed by atoms with Gasteiger partial charge in [-0.05, 0) is 63.1 Å². The lowest BCUT2D eigenvalue weighted by molar-refractivity contribution is -0.158. The quantitative estimate of drug-likeness (QED) is 0.560. The summed E-state index contributed by atoms with van der Waals surface area (Å²) in [5.41, 5.74) is 1.38. The van der Waals surface area contributed by atoms with Crippen molar-refractivity contribution in [3.05, 3.63) is 59.9 Å². The molecule has 0 spiro atoms. The maximum atomic E-state index is 11.9. The number of benzene rings is 1. The fourth-order valence-corrected chi connectivity index (χ4v) is 2.33. The lowest BCUT2D eigenvalue weighted by Crippen LogP contribution is -2.39. The molecule has 0 radical (unpaired) electrons. The van der Waals surface area contributed by atoms with Crippen LogP contribution in [0.5, 0.6) is 5.75 Å². The average Bonchev–Trinajstić information content (AvgIpc) is 2.61. The fourth-order valence-electron chi connectivity index (χ4n) is 2.33. The second-order valence-electron chi connectivity index (χ2n) is 6.26. The van der Waals surface area contributed by atoms with E-state index in [1.807, 2.05) is 36.5 Å². The van der Waals surface area contributed by atoms with Crippen LogP contribution < -0.4 is 10.1 Å². The van der Waals surface area contributed by atoms with Gasteiger partial charge in [0.15, 0.2) is 5.60 Å². The smallest absolute Gasteiger partial charge is 0.349 e. The lowest BCUT2D eigenvalue weighted by atomic mass is 10.1. The molecule has 1 aromatic carbocycles. The molecule has 1 N–H and O–H groups in total. The molecule has 25 heavy (non-hydrogen) atoms. The molecule has 5 heteroatoms. The van der Waals surface area contributed by atoms with Gasteiger partial charge in [0, 0.05) is 18.9 Å². The molecule has 0 unspecified atom stereocenters. The Bertz CT molecular complexity index is 654. The maximum Gasteiger partial charge on any atom is 0.349 e. The van der Waals surface area contributed by atoms with Crippen LogP contribution in [0.25, 0.3) is 0 Å². The van der Waals surface area contributed by atoms with E-state index in [0.717, 1.165) is 19.5 Å². The first-order valence-electron chi connectivity index (χ1n) is 8.56. The zero-order valence-corrected chi connectivity index (χ0v) is 15.1. The molecular formula is C20H26N2O3. The monoisotopic (exact) mass is 342 g/mol. The summed E-state index contributed by atoms with van der Waals surface area (Å²) in [7, 11) is 0. The Morgan fingerprint density at radius 3 is 2.56 bits per heavy atom. The highest BCUT2D eigenvalue weighted by molar-refractivity contribution is 5.79. The number of ether oxygens (including phenoxy) is 2. The Hall–Kier alpha value is -2.40. The number of carbonyl (C=O) groups excluding carboxylic acids is 1. The number of nitrogens with zero attached hydrogens (tertiary/aromatic N) is 1. The van der Waals surface area contributed by atoms with Gasteiger partial charge in [-0.3, -0.25) is 4.98 Å². The highest BCUT2D eigenvalue weighted by atomic mass is 16.6. The number of aromatic nitrogens is 1. The first kappa shape index (κ1) is 18.9. The molecule has 2 aromatic rings. The molecule has 134 valence electrons. The van der Waals surface area contributed by atoms with Crippen LogP contribution >= 0.6 is 0 Å². The molecular weight excluding hydrogens is 316 g/mol. The van der Waals surface area contributed by atoms with Crippen LogP contribution in [0.4, 0.5) is 0 Å². The Kier molecular flexibility index (Phi) is 6.95. The van der Waals surface area contributed by atoms with Crippen LogP contribution in [0.2, 0.25) is 0 Å². The average molecular weight is 342 g/mol. The summed E-state index contributed by atoms with van der Waals surface area (Å²) in [5, 5.41) is 3.40. The van der Waals surface area contributed by atoms with E-state index in [2.05, 4.69) is 16.4 Å². The summed E-state index contributed by atoms with van der Waals surface area (Å²) < 4.78 is 10.8. The second-order valence-corrected chi connectivity index (χ2v) is 6.26. The Balaban J connectivity index is 1.78. The van der Waals surface area contributed by atoms with Gasteiger partial charge in [-0.1, -0.05) is 18.2 Å². The summed E-state index contributed by atoms with van der Waals surface area (Å²) in [6.45, 7) is 7.23. The fraction of sp³-hybridized carbons (Fsp3) is 0.400. The number of pyridine rings is 1. The van der Waals surface area contributed by atoms with Gasteiger partial charge in [-0.25, -0.2) is 4.79 Å². The number of hydrogen-bond acceptors (Lipinski definition) is 5. The van der Waals surface area contributed by atoms with E-state index >= 15 is 0 Å². The number of rotatable bonds is 9. The predicted molar refractivity (Wildman–Crippen MR) is 97.4 cm³/mol. The zero-order valence-electron chi connectivity index (χ0n) is 15.1. The minimum absolute atomic E-state index is 0.344. The van der Waals surface area contributed by atoms with Gasteiger partial charge in [0.1, 0.15) is 5.75 Å². The molecule has 0 amide bonds. The minimum atomic E-state index is -0.997. The van der Waals surface area contributed by atoms with Gasteiger partial charge in [0.25, 0.3) is 0 Å². The first-order valence-corrected chi connectivity index (χ1v) is 8.56. The highest BCUT2D eigenvalue weighted by Crippen LogP contribution is 2.20. The van der Waals surface area contributed by atoms with Gasteiger partial charge >= 0.3 is 5.97 Å². The lowest BCUT2D eigenvalue weighted by Gasteiger charge is -2.24. The molecule has 0 atom stereocenters. The van der Waals surface area contributed by atoms with E-state index in [1.165, 1.54) is 11.1 Å². The Morgan fingerprint density at radius 1 is 1.16 bits per heavy atom. The molecule has 2 rings (SSSR count). The Labute approximate surface area is 149 Å². The van der Waals surface area contributed by atoms with Crippen molar-refractivity contribution in [2.45, 2.75) is 39.3 Å². The molecule has 1 heterocycles. The van der Waals surface area contributed by atoms with Crippen LogP contribution in [0, 0.1) is 0 Å². The van der Waals surface area contributed by atoms with E-state index in [1.54, 1.807) is 27.0 Å². The summed E-state index contributed by atoms with van der Waals surface area (Å²) in [4.78, 5) is 16.0. The van der Waals surface area contributed by atoms with Gasteiger partial charge < -0.3 is 14.8 Å². The normalized spacial score (nSPS) is 11.2. The number of hydrogen-bond donors (Lipinski definition) is 1. The molecule has 0 saturated heterocycles. The summed E-state index contributed by atoms with van der Waals surface area (Å²) in [6.07, 6.45) is 4.56. The predicted octanol–water partition coefficient (Wildman–Crippen LogP) is 3.13. The van der Waals surface area contributed by atoms with Crippen molar-refractivity contribution in [3.63, 3.8) is 0 Å². The van der Waals surface area contributed by atoms with E-state index in [9.17, 15) is 4.79 Å². The van der Waals surface area contributed by atoms with Gasteiger partial charge in [-0.15, -0.1) is 0 Å². The molecule has 5 nitrogen and oxygen atoms in total. The van der Waals surface area contributed by atoms with Crippen LogP contribution in [0.3, 0.4) is 0 Å². The largest absolute Gasteiger partial charge is 0.476 e. The van der Waals surface area contributed by atoms with E-state index in [-0.39, 0.29) is 5.97 Å². The summed E-state index contributed by atoms with van der Waals surface area (Å²) in [6, 6.07) is 11.8. The molecule has 0 aliphatic carbocycles. The van der Waals surface area contributed by atoms with Crippen molar-refractivity contribution in [2.75, 3.05) is 13.2 Å². The van der Waals surface area contributed by atoms with Crippen molar-refractivity contribution < 1.29 is 14.3 Å². The van der Waals surface area contributed by atoms with Crippen LogP contribution in [0.15, 0.2) is 48.8 Å². The summed E-state index contributed by atoms with van der Waals surface area (Å²) in [5.74, 6) is 0.295. The zero-order chi connectivity index (χ0) is 18.1. The summed E-state index contributed by atoms with van der Waals surface area (Å²) >= 11 is 0. The number of esters is 1. The molecule has 0 fully saturated rings. The van der Waals surface area contributed by atoms with Crippen molar-refractivity contribution in [2.24, 2.45) is 0 Å². The Morgan fingerprint density at radius 2 is 1.92 bits per heavy atom. The van der Waals surface area contributed by atoms with Crippen LogP contribution in [0.1, 0.15) is 31.9 Å². The molecule has 1 aromatic heterocycles. The minimum Gasteiger partial charge on any atom is -0.476 e. The second kappa shape index (κ2) is 9.18. The van der Waals surface area contributed by atoms with Crippen molar-refractivity contribution in [1.82, 2.24) is 10.3 Å². The highest BCUT2D eigenvalue weighted by Gasteiger charge is 2.31. The number of carbonyl (C=O) groups is 1. The van der Waals surface area contributed by atoms with Gasteiger partial charge in [-0.2, -0.15) is 0 Å². The van der Waals surface area contributed by atoms with E-state index < -0.39 is 5.60 Å². The van der Waals surface area contributed by atoms with Gasteiger partial charge in [0.2, 0.25) is 0 Å². The van der Waals surface area contributed by atoms with E-state index in [4.69, 9.17) is 9.47 Å². The topological polar surface area (TPSA) is 60.5 Å². The molecule has 0 aliphatic rings. The van der Waals surface area contributed by atoms with Gasteiger partial charge in [0.05, 0.1) is 6.61 Å². The third-order valence-electron chi connectivity index (χ3n) is 3.71. The van der Waals surface area contributed by atoms with Crippen molar-refractivity contribution in [1.29, 1.82) is 0 Å². The van der Waals surface area contributed by atoms with Crippen molar-refractivity contribution >= 4 is 5.97 Å². The third-order valence-corrected chi connectivity index (χ3v) is 3.71. The third kappa shape index (κ3) is 6.19. The number of nitrogens with one attached hydrogen (secondary N) is 1. The molecule has 0 bridgehead atoms. The maximum absolute atomic E-state index is 11.9. The molecule has 0 saturated carbocycles. The molecule has 0 aliphatic heterocycles. The first-order chi connectivity index (χ1) is 12.0. The standard InChI is InChI=1S/C20H26N2O3/c1-4-24-19(23)20(2,3)25-18-9-7-16(8-10-18)11-13-22-15-17-6-5-12-21-14-17/h5-10,12,14,22H,4,11,13,15H2,1-3H3.